The van der Waals surface area contributed by atoms with Gasteiger partial charge in [-0.15, -0.1) is 0 Å². The van der Waals surface area contributed by atoms with Gasteiger partial charge in [-0.3, -0.25) is 4.79 Å². The Hall–Kier alpha value is -2.78. The van der Waals surface area contributed by atoms with E-state index < -0.39 is 10.0 Å². The Morgan fingerprint density at radius 3 is 2.47 bits per heavy atom. The molecule has 0 fully saturated rings. The highest BCUT2D eigenvalue weighted by Gasteiger charge is 2.25. The molecule has 2 aromatic heterocycles. The summed E-state index contributed by atoms with van der Waals surface area (Å²) in [5.74, 6) is -0.115. The van der Waals surface area contributed by atoms with Gasteiger partial charge in [-0.1, -0.05) is 26.0 Å². The van der Waals surface area contributed by atoms with Gasteiger partial charge < -0.3 is 5.32 Å². The molecule has 9 heteroatoms. The van der Waals surface area contributed by atoms with Crippen molar-refractivity contribution in [2.75, 3.05) is 7.05 Å². The van der Waals surface area contributed by atoms with Crippen LogP contribution in [-0.2, 0) is 22.1 Å². The average Bonchev–Trinajstić information content (AvgIpc) is 3.08. The van der Waals surface area contributed by atoms with Gasteiger partial charge in [0.1, 0.15) is 0 Å². The third-order valence-corrected chi connectivity index (χ3v) is 6.65. The fourth-order valence-electron chi connectivity index (χ4n) is 3.47. The molecule has 172 valence electrons. The molecule has 0 atom stereocenters. The Morgan fingerprint density at radius 2 is 1.88 bits per heavy atom. The number of carbonyl (C=O) groups excluding carboxylic acids is 1. The summed E-state index contributed by atoms with van der Waals surface area (Å²) in [7, 11) is -2.19. The van der Waals surface area contributed by atoms with Crippen LogP contribution in [0.1, 0.15) is 67.8 Å². The van der Waals surface area contributed by atoms with Crippen molar-refractivity contribution in [3.63, 3.8) is 0 Å². The Balaban J connectivity index is 2.00. The highest BCUT2D eigenvalue weighted by Crippen LogP contribution is 2.29. The SMILES string of the molecule is CNS(=O)(=O)c1cccc(CNC(=O)c2cc(C(C)C)nc3c2c(C)nn3C(C)(C)C)c1. The number of aryl methyl sites for hydroxylation is 1. The predicted octanol–water partition coefficient (Wildman–Crippen LogP) is 3.46. The van der Waals surface area contributed by atoms with E-state index in [4.69, 9.17) is 4.98 Å². The van der Waals surface area contributed by atoms with Crippen LogP contribution >= 0.6 is 0 Å². The van der Waals surface area contributed by atoms with Crippen molar-refractivity contribution in [3.8, 4) is 0 Å². The third kappa shape index (κ3) is 4.68. The molecule has 0 aliphatic carbocycles. The van der Waals surface area contributed by atoms with Gasteiger partial charge >= 0.3 is 0 Å². The molecule has 0 aliphatic rings. The fourth-order valence-corrected chi connectivity index (χ4v) is 4.27. The molecule has 0 saturated heterocycles. The van der Waals surface area contributed by atoms with Gasteiger partial charge in [-0.2, -0.15) is 5.10 Å². The molecule has 0 radical (unpaired) electrons. The number of amides is 1. The fraction of sp³-hybridized carbons (Fsp3) is 0.435. The average molecular weight is 458 g/mol. The summed E-state index contributed by atoms with van der Waals surface area (Å²) < 4.78 is 28.3. The van der Waals surface area contributed by atoms with Crippen molar-refractivity contribution in [1.29, 1.82) is 0 Å². The number of pyridine rings is 1. The maximum Gasteiger partial charge on any atom is 0.252 e. The number of nitrogens with one attached hydrogen (secondary N) is 2. The summed E-state index contributed by atoms with van der Waals surface area (Å²) in [6.45, 7) is 12.3. The molecule has 2 N–H and O–H groups in total. The lowest BCUT2D eigenvalue weighted by molar-refractivity contribution is 0.0952. The van der Waals surface area contributed by atoms with E-state index in [1.165, 1.54) is 13.1 Å². The molecule has 0 spiro atoms. The van der Waals surface area contributed by atoms with Gasteiger partial charge in [0.25, 0.3) is 5.91 Å². The first-order valence-corrected chi connectivity index (χ1v) is 12.0. The molecule has 0 unspecified atom stereocenters. The van der Waals surface area contributed by atoms with Crippen molar-refractivity contribution in [2.45, 2.75) is 64.4 Å². The predicted molar refractivity (Wildman–Crippen MR) is 125 cm³/mol. The summed E-state index contributed by atoms with van der Waals surface area (Å²) in [4.78, 5) is 18.2. The van der Waals surface area contributed by atoms with E-state index >= 15 is 0 Å². The molecule has 1 amide bonds. The lowest BCUT2D eigenvalue weighted by Crippen LogP contribution is -2.25. The first-order chi connectivity index (χ1) is 14.8. The molecule has 8 nitrogen and oxygen atoms in total. The Bertz CT molecular complexity index is 1270. The van der Waals surface area contributed by atoms with E-state index in [0.29, 0.717) is 16.8 Å². The molecule has 3 aromatic rings. The van der Waals surface area contributed by atoms with E-state index in [-0.39, 0.29) is 28.8 Å². The van der Waals surface area contributed by atoms with Crippen molar-refractivity contribution in [2.24, 2.45) is 0 Å². The van der Waals surface area contributed by atoms with Crippen LogP contribution in [0.5, 0.6) is 0 Å². The second-order valence-electron chi connectivity index (χ2n) is 9.15. The van der Waals surface area contributed by atoms with Crippen LogP contribution in [-0.4, -0.2) is 36.1 Å². The minimum atomic E-state index is -3.55. The first-order valence-electron chi connectivity index (χ1n) is 10.6. The number of rotatable bonds is 6. The number of nitrogens with zero attached hydrogens (tertiary/aromatic N) is 3. The topological polar surface area (TPSA) is 106 Å². The largest absolute Gasteiger partial charge is 0.348 e. The molecule has 2 heterocycles. The van der Waals surface area contributed by atoms with Gasteiger partial charge in [-0.05, 0) is 64.4 Å². The molecular formula is C23H31N5O3S. The van der Waals surface area contributed by atoms with Gasteiger partial charge in [0, 0.05) is 12.2 Å². The zero-order chi connectivity index (χ0) is 23.8. The molecular weight excluding hydrogens is 426 g/mol. The normalized spacial score (nSPS) is 12.5. The lowest BCUT2D eigenvalue weighted by atomic mass is 10.0. The Labute approximate surface area is 189 Å². The van der Waals surface area contributed by atoms with E-state index in [1.807, 2.05) is 31.5 Å². The number of aromatic nitrogens is 3. The molecule has 0 aliphatic heterocycles. The number of fused-ring (bicyclic) bond motifs is 1. The van der Waals surface area contributed by atoms with Gasteiger partial charge in [0.2, 0.25) is 10.0 Å². The first kappa shape index (κ1) is 23.9. The highest BCUT2D eigenvalue weighted by atomic mass is 32.2. The van der Waals surface area contributed by atoms with Crippen LogP contribution in [0.25, 0.3) is 11.0 Å². The van der Waals surface area contributed by atoms with Crippen LogP contribution in [0, 0.1) is 6.92 Å². The minimum Gasteiger partial charge on any atom is -0.348 e. The molecule has 0 saturated carbocycles. The van der Waals surface area contributed by atoms with Crippen LogP contribution in [0.3, 0.4) is 0 Å². The Morgan fingerprint density at radius 1 is 1.19 bits per heavy atom. The number of hydrogen-bond donors (Lipinski definition) is 2. The van der Waals surface area contributed by atoms with Crippen molar-refractivity contribution in [1.82, 2.24) is 24.8 Å². The number of hydrogen-bond acceptors (Lipinski definition) is 5. The van der Waals surface area contributed by atoms with E-state index in [1.54, 1.807) is 18.2 Å². The maximum absolute atomic E-state index is 13.2. The summed E-state index contributed by atoms with van der Waals surface area (Å²) in [6.07, 6.45) is 0. The summed E-state index contributed by atoms with van der Waals surface area (Å²) >= 11 is 0. The summed E-state index contributed by atoms with van der Waals surface area (Å²) in [5, 5.41) is 8.33. The van der Waals surface area contributed by atoms with Gasteiger partial charge in [-0.25, -0.2) is 22.8 Å². The van der Waals surface area contributed by atoms with E-state index in [9.17, 15) is 13.2 Å². The molecule has 1 aromatic carbocycles. The standard InChI is InChI=1S/C23H31N5O3S/c1-14(2)19-12-18(20-15(3)27-28(21(20)26-19)23(4,5)6)22(29)25-13-16-9-8-10-17(11-16)32(30,31)24-7/h8-12,14,24H,13H2,1-7H3,(H,25,29). The van der Waals surface area contributed by atoms with E-state index in [0.717, 1.165) is 16.8 Å². The van der Waals surface area contributed by atoms with Crippen LogP contribution in [0.15, 0.2) is 35.2 Å². The summed E-state index contributed by atoms with van der Waals surface area (Å²) in [6, 6.07) is 8.33. The zero-order valence-corrected chi connectivity index (χ0v) is 20.5. The van der Waals surface area contributed by atoms with Crippen LogP contribution < -0.4 is 10.0 Å². The Kier molecular flexibility index (Phi) is 6.44. The number of carbonyl (C=O) groups is 1. The second kappa shape index (κ2) is 8.63. The zero-order valence-electron chi connectivity index (χ0n) is 19.6. The van der Waals surface area contributed by atoms with Gasteiger partial charge in [0.15, 0.2) is 5.65 Å². The van der Waals surface area contributed by atoms with Gasteiger partial charge in [0.05, 0.1) is 27.1 Å². The molecule has 0 bridgehead atoms. The minimum absolute atomic E-state index is 0.137. The van der Waals surface area contributed by atoms with Crippen molar-refractivity contribution < 1.29 is 13.2 Å². The smallest absolute Gasteiger partial charge is 0.252 e. The van der Waals surface area contributed by atoms with Crippen LogP contribution in [0.2, 0.25) is 0 Å². The molecule has 32 heavy (non-hydrogen) atoms. The van der Waals surface area contributed by atoms with Crippen LogP contribution in [0.4, 0.5) is 0 Å². The van der Waals surface area contributed by atoms with E-state index in [2.05, 4.69) is 35.9 Å². The number of benzene rings is 1. The quantitative estimate of drug-likeness (QED) is 0.590. The molecule has 3 rings (SSSR count). The number of sulfonamides is 1. The maximum atomic E-state index is 13.2. The highest BCUT2D eigenvalue weighted by molar-refractivity contribution is 7.89. The van der Waals surface area contributed by atoms with Crippen molar-refractivity contribution in [3.05, 3.63) is 52.8 Å². The third-order valence-electron chi connectivity index (χ3n) is 5.23. The lowest BCUT2D eigenvalue weighted by Gasteiger charge is -2.20. The monoisotopic (exact) mass is 457 g/mol. The summed E-state index contributed by atoms with van der Waals surface area (Å²) in [5.41, 5.74) is 3.16. The van der Waals surface area contributed by atoms with Crippen molar-refractivity contribution >= 4 is 27.0 Å². The second-order valence-corrected chi connectivity index (χ2v) is 11.0.